The molecule has 130 valence electrons. The van der Waals surface area contributed by atoms with Gasteiger partial charge in [0, 0.05) is 31.4 Å². The van der Waals surface area contributed by atoms with Crippen LogP contribution in [0.4, 0.5) is 0 Å². The van der Waals surface area contributed by atoms with E-state index in [1.54, 1.807) is 35.5 Å². The summed E-state index contributed by atoms with van der Waals surface area (Å²) in [6.45, 7) is 3.17. The molecular weight excluding hydrogens is 320 g/mol. The van der Waals surface area contributed by atoms with Gasteiger partial charge in [-0.1, -0.05) is 0 Å². The summed E-state index contributed by atoms with van der Waals surface area (Å²) in [5.41, 5.74) is 1.80. The number of ether oxygens (including phenoxy) is 1. The van der Waals surface area contributed by atoms with Gasteiger partial charge >= 0.3 is 0 Å². The van der Waals surface area contributed by atoms with Gasteiger partial charge in [0.25, 0.3) is 0 Å². The van der Waals surface area contributed by atoms with E-state index in [-0.39, 0.29) is 24.2 Å². The fourth-order valence-electron chi connectivity index (χ4n) is 2.83. The molecule has 6 nitrogen and oxygen atoms in total. The highest BCUT2D eigenvalue weighted by Gasteiger charge is 2.29. The van der Waals surface area contributed by atoms with Gasteiger partial charge in [0.2, 0.25) is 5.91 Å². The number of carbonyl (C=O) groups excluding carboxylic acids is 2. The van der Waals surface area contributed by atoms with Crippen LogP contribution >= 0.6 is 0 Å². The standard InChI is InChI=1S/C19H20N2O4/c1-14(15-4-6-20-7-5-15)11-19(23)21-8-10-24-13-16(21)12-17(22)18-3-2-9-25-18/h2-7,9,11,16H,8,10,12-13H2,1H3/b14-11+. The first kappa shape index (κ1) is 17.1. The lowest BCUT2D eigenvalue weighted by molar-refractivity contribution is -0.134. The second kappa shape index (κ2) is 7.90. The van der Waals surface area contributed by atoms with E-state index in [1.807, 2.05) is 19.1 Å². The predicted molar refractivity (Wildman–Crippen MR) is 91.9 cm³/mol. The second-order valence-electron chi connectivity index (χ2n) is 5.93. The van der Waals surface area contributed by atoms with Crippen molar-refractivity contribution in [2.75, 3.05) is 19.8 Å². The number of furan rings is 1. The van der Waals surface area contributed by atoms with Crippen LogP contribution in [0.1, 0.15) is 29.5 Å². The summed E-state index contributed by atoms with van der Waals surface area (Å²) >= 11 is 0. The molecule has 0 aromatic carbocycles. The highest BCUT2D eigenvalue weighted by molar-refractivity contribution is 5.97. The van der Waals surface area contributed by atoms with E-state index in [9.17, 15) is 9.59 Å². The predicted octanol–water partition coefficient (Wildman–Crippen LogP) is 2.58. The molecule has 0 bridgehead atoms. The Morgan fingerprint density at radius 3 is 2.84 bits per heavy atom. The van der Waals surface area contributed by atoms with Crippen molar-refractivity contribution < 1.29 is 18.7 Å². The van der Waals surface area contributed by atoms with Crippen LogP contribution in [0.2, 0.25) is 0 Å². The molecule has 1 aliphatic rings. The van der Waals surface area contributed by atoms with Gasteiger partial charge in [0.05, 0.1) is 25.5 Å². The maximum absolute atomic E-state index is 12.7. The summed E-state index contributed by atoms with van der Waals surface area (Å²) in [6.07, 6.45) is 6.63. The molecule has 1 unspecified atom stereocenters. The minimum absolute atomic E-state index is 0.116. The molecule has 0 radical (unpaired) electrons. The monoisotopic (exact) mass is 340 g/mol. The lowest BCUT2D eigenvalue weighted by atomic mass is 10.1. The van der Waals surface area contributed by atoms with Gasteiger partial charge in [-0.05, 0) is 42.3 Å². The summed E-state index contributed by atoms with van der Waals surface area (Å²) in [6, 6.07) is 6.73. The van der Waals surface area contributed by atoms with Crippen LogP contribution in [0.25, 0.3) is 5.57 Å². The zero-order valence-corrected chi connectivity index (χ0v) is 14.1. The first-order valence-electron chi connectivity index (χ1n) is 8.19. The van der Waals surface area contributed by atoms with Crippen molar-refractivity contribution in [3.8, 4) is 0 Å². The summed E-state index contributed by atoms with van der Waals surface area (Å²) in [5, 5.41) is 0. The van der Waals surface area contributed by atoms with Gasteiger partial charge in [0.15, 0.2) is 11.5 Å². The SMILES string of the molecule is C/C(=C\C(=O)N1CCOCC1CC(=O)c1ccco1)c1ccncc1. The Hall–Kier alpha value is -2.73. The molecule has 0 N–H and O–H groups in total. The molecule has 0 spiro atoms. The average molecular weight is 340 g/mol. The van der Waals surface area contributed by atoms with Crippen LogP contribution in [-0.2, 0) is 9.53 Å². The van der Waals surface area contributed by atoms with Crippen LogP contribution in [0.5, 0.6) is 0 Å². The van der Waals surface area contributed by atoms with E-state index >= 15 is 0 Å². The fourth-order valence-corrected chi connectivity index (χ4v) is 2.83. The first-order chi connectivity index (χ1) is 12.1. The Labute approximate surface area is 146 Å². The number of carbonyl (C=O) groups is 2. The zero-order chi connectivity index (χ0) is 17.6. The molecule has 0 aliphatic carbocycles. The molecule has 1 aliphatic heterocycles. The Morgan fingerprint density at radius 1 is 1.32 bits per heavy atom. The molecule has 2 aromatic rings. The first-order valence-corrected chi connectivity index (χ1v) is 8.19. The number of rotatable bonds is 5. The lowest BCUT2D eigenvalue weighted by Gasteiger charge is -2.34. The third-order valence-electron chi connectivity index (χ3n) is 4.20. The van der Waals surface area contributed by atoms with Crippen molar-refractivity contribution in [3.63, 3.8) is 0 Å². The normalized spacial score (nSPS) is 18.2. The van der Waals surface area contributed by atoms with Crippen molar-refractivity contribution >= 4 is 17.3 Å². The molecule has 1 fully saturated rings. The van der Waals surface area contributed by atoms with Crippen molar-refractivity contribution in [3.05, 3.63) is 60.3 Å². The quantitative estimate of drug-likeness (QED) is 0.618. The number of amides is 1. The maximum atomic E-state index is 12.7. The number of aromatic nitrogens is 1. The van der Waals surface area contributed by atoms with E-state index in [0.29, 0.717) is 25.5 Å². The van der Waals surface area contributed by atoms with Crippen LogP contribution in [-0.4, -0.2) is 47.4 Å². The highest BCUT2D eigenvalue weighted by Crippen LogP contribution is 2.18. The second-order valence-corrected chi connectivity index (χ2v) is 5.93. The Bertz CT molecular complexity index is 753. The van der Waals surface area contributed by atoms with E-state index < -0.39 is 0 Å². The van der Waals surface area contributed by atoms with Crippen molar-refractivity contribution in [1.29, 1.82) is 0 Å². The minimum Gasteiger partial charge on any atom is -0.461 e. The lowest BCUT2D eigenvalue weighted by Crippen LogP contribution is -2.49. The summed E-state index contributed by atoms with van der Waals surface area (Å²) in [5.74, 6) is 0.0597. The van der Waals surface area contributed by atoms with Crippen molar-refractivity contribution in [1.82, 2.24) is 9.88 Å². The fraction of sp³-hybridized carbons (Fsp3) is 0.316. The summed E-state index contributed by atoms with van der Waals surface area (Å²) in [4.78, 5) is 30.7. The van der Waals surface area contributed by atoms with Crippen LogP contribution in [0.3, 0.4) is 0 Å². The van der Waals surface area contributed by atoms with E-state index in [2.05, 4.69) is 4.98 Å². The maximum Gasteiger partial charge on any atom is 0.247 e. The van der Waals surface area contributed by atoms with E-state index in [4.69, 9.17) is 9.15 Å². The average Bonchev–Trinajstić information content (AvgIpc) is 3.17. The van der Waals surface area contributed by atoms with Gasteiger partial charge in [-0.2, -0.15) is 0 Å². The number of ketones is 1. The van der Waals surface area contributed by atoms with Gasteiger partial charge in [0.1, 0.15) is 0 Å². The highest BCUT2D eigenvalue weighted by atomic mass is 16.5. The van der Waals surface area contributed by atoms with Crippen LogP contribution in [0, 0.1) is 0 Å². The summed E-state index contributed by atoms with van der Waals surface area (Å²) in [7, 11) is 0. The van der Waals surface area contributed by atoms with Crippen LogP contribution < -0.4 is 0 Å². The van der Waals surface area contributed by atoms with Crippen LogP contribution in [0.15, 0.2) is 53.4 Å². The molecule has 25 heavy (non-hydrogen) atoms. The van der Waals surface area contributed by atoms with Gasteiger partial charge < -0.3 is 14.1 Å². The molecule has 6 heteroatoms. The molecule has 2 aromatic heterocycles. The van der Waals surface area contributed by atoms with Gasteiger partial charge in [-0.3, -0.25) is 14.6 Å². The number of allylic oxidation sites excluding steroid dienone is 1. The molecule has 1 saturated heterocycles. The Kier molecular flexibility index (Phi) is 5.40. The molecule has 1 atom stereocenters. The molecular formula is C19H20N2O4. The van der Waals surface area contributed by atoms with E-state index in [1.165, 1.54) is 6.26 Å². The number of pyridine rings is 1. The largest absolute Gasteiger partial charge is 0.461 e. The zero-order valence-electron chi connectivity index (χ0n) is 14.1. The molecule has 3 heterocycles. The molecule has 3 rings (SSSR count). The third-order valence-corrected chi connectivity index (χ3v) is 4.20. The topological polar surface area (TPSA) is 72.6 Å². The third kappa shape index (κ3) is 4.22. The Balaban J connectivity index is 1.72. The van der Waals surface area contributed by atoms with Crippen molar-refractivity contribution in [2.45, 2.75) is 19.4 Å². The van der Waals surface area contributed by atoms with Crippen molar-refractivity contribution in [2.24, 2.45) is 0 Å². The minimum atomic E-state index is -0.291. The Morgan fingerprint density at radius 2 is 2.12 bits per heavy atom. The molecule has 1 amide bonds. The number of hydrogen-bond acceptors (Lipinski definition) is 5. The number of hydrogen-bond donors (Lipinski definition) is 0. The number of morpholine rings is 1. The van der Waals surface area contributed by atoms with Gasteiger partial charge in [-0.25, -0.2) is 0 Å². The molecule has 0 saturated carbocycles. The number of nitrogens with zero attached hydrogens (tertiary/aromatic N) is 2. The smallest absolute Gasteiger partial charge is 0.247 e. The number of Topliss-reactive ketones (excluding diaryl/α,β-unsaturated/α-hetero) is 1. The van der Waals surface area contributed by atoms with Gasteiger partial charge in [-0.15, -0.1) is 0 Å². The summed E-state index contributed by atoms with van der Waals surface area (Å²) < 4.78 is 10.6. The van der Waals surface area contributed by atoms with E-state index in [0.717, 1.165) is 11.1 Å².